The number of rotatable bonds is 7. The molecule has 1 unspecified atom stereocenters. The molecule has 0 heterocycles. The average molecular weight is 320 g/mol. The maximum Gasteiger partial charge on any atom is 0.149 e. The lowest BCUT2D eigenvalue weighted by molar-refractivity contribution is 0.567. The zero-order valence-electron chi connectivity index (χ0n) is 12.6. The summed E-state index contributed by atoms with van der Waals surface area (Å²) in [4.78, 5) is 1.27. The van der Waals surface area contributed by atoms with E-state index < -0.39 is 21.5 Å². The Balaban J connectivity index is 2.93. The minimum Gasteiger partial charge on any atom is -0.369 e. The molecule has 120 valence electrons. The summed E-state index contributed by atoms with van der Waals surface area (Å²) in [5.41, 5.74) is 6.06. The molecule has 2 N–H and O–H groups in total. The lowest BCUT2D eigenvalue weighted by atomic mass is 10.0. The third-order valence-electron chi connectivity index (χ3n) is 3.28. The van der Waals surface area contributed by atoms with E-state index in [-0.39, 0.29) is 24.0 Å². The van der Waals surface area contributed by atoms with Gasteiger partial charge in [0, 0.05) is 25.9 Å². The van der Waals surface area contributed by atoms with Crippen LogP contribution in [0.4, 0.5) is 14.5 Å². The van der Waals surface area contributed by atoms with Crippen LogP contribution in [0, 0.1) is 11.6 Å². The van der Waals surface area contributed by atoms with Gasteiger partial charge in [0.2, 0.25) is 0 Å². The third kappa shape index (κ3) is 5.59. The van der Waals surface area contributed by atoms with Crippen molar-refractivity contribution < 1.29 is 17.2 Å². The summed E-state index contributed by atoms with van der Waals surface area (Å²) in [5.74, 6) is -1.57. The van der Waals surface area contributed by atoms with Crippen molar-refractivity contribution in [3.8, 4) is 0 Å². The van der Waals surface area contributed by atoms with E-state index in [1.807, 2.05) is 6.92 Å². The van der Waals surface area contributed by atoms with Crippen LogP contribution in [0.5, 0.6) is 0 Å². The van der Waals surface area contributed by atoms with Gasteiger partial charge < -0.3 is 10.6 Å². The number of hydrogen-bond donors (Lipinski definition) is 1. The van der Waals surface area contributed by atoms with Crippen LogP contribution in [-0.4, -0.2) is 40.1 Å². The summed E-state index contributed by atoms with van der Waals surface area (Å²) < 4.78 is 50.4. The van der Waals surface area contributed by atoms with Crippen LogP contribution in [0.2, 0.25) is 0 Å². The predicted octanol–water partition coefficient (Wildman–Crippen LogP) is 1.73. The fraction of sp³-hybridized carbons (Fsp3) is 0.571. The van der Waals surface area contributed by atoms with Crippen molar-refractivity contribution in [3.05, 3.63) is 29.3 Å². The van der Waals surface area contributed by atoms with Gasteiger partial charge in [-0.15, -0.1) is 0 Å². The number of anilines is 1. The van der Waals surface area contributed by atoms with Gasteiger partial charge in [-0.05, 0) is 30.5 Å². The van der Waals surface area contributed by atoms with Gasteiger partial charge in [0.25, 0.3) is 0 Å². The van der Waals surface area contributed by atoms with E-state index in [1.165, 1.54) is 24.1 Å². The van der Waals surface area contributed by atoms with Gasteiger partial charge >= 0.3 is 0 Å². The molecule has 0 radical (unpaired) electrons. The van der Waals surface area contributed by atoms with E-state index in [0.717, 1.165) is 12.7 Å². The van der Waals surface area contributed by atoms with Crippen LogP contribution in [0.3, 0.4) is 0 Å². The molecule has 0 aromatic heterocycles. The van der Waals surface area contributed by atoms with E-state index in [9.17, 15) is 17.2 Å². The second-order valence-electron chi connectivity index (χ2n) is 5.33. The Morgan fingerprint density at radius 1 is 1.29 bits per heavy atom. The van der Waals surface area contributed by atoms with E-state index in [1.54, 1.807) is 0 Å². The highest BCUT2D eigenvalue weighted by molar-refractivity contribution is 7.90. The topological polar surface area (TPSA) is 63.4 Å². The van der Waals surface area contributed by atoms with Crippen molar-refractivity contribution in [3.63, 3.8) is 0 Å². The van der Waals surface area contributed by atoms with Gasteiger partial charge in [-0.25, -0.2) is 17.2 Å². The number of nitrogens with two attached hydrogens (primary N) is 1. The minimum atomic E-state index is -3.18. The highest BCUT2D eigenvalue weighted by atomic mass is 32.2. The fourth-order valence-electron chi connectivity index (χ4n) is 1.96. The molecule has 21 heavy (non-hydrogen) atoms. The number of hydrogen-bond acceptors (Lipinski definition) is 4. The SMILES string of the molecule is CCC(N)Cc1cc(F)c(N(C)CCS(C)(=O)=O)c(F)c1. The Bertz CT molecular complexity index is 568. The monoisotopic (exact) mass is 320 g/mol. The van der Waals surface area contributed by atoms with Gasteiger partial charge in [0.1, 0.15) is 27.2 Å². The molecule has 1 aromatic rings. The quantitative estimate of drug-likeness (QED) is 0.831. The Labute approximate surface area is 124 Å². The summed E-state index contributed by atoms with van der Waals surface area (Å²) in [5, 5.41) is 0. The van der Waals surface area contributed by atoms with Gasteiger partial charge in [-0.1, -0.05) is 6.92 Å². The summed E-state index contributed by atoms with van der Waals surface area (Å²) in [6.45, 7) is 1.94. The number of benzene rings is 1. The van der Waals surface area contributed by atoms with Crippen molar-refractivity contribution in [2.45, 2.75) is 25.8 Å². The van der Waals surface area contributed by atoms with E-state index in [2.05, 4.69) is 0 Å². The van der Waals surface area contributed by atoms with Crippen LogP contribution in [-0.2, 0) is 16.3 Å². The van der Waals surface area contributed by atoms with Gasteiger partial charge in [0.05, 0.1) is 5.75 Å². The van der Waals surface area contributed by atoms with Gasteiger partial charge in [-0.3, -0.25) is 0 Å². The van der Waals surface area contributed by atoms with Crippen molar-refractivity contribution in [2.24, 2.45) is 5.73 Å². The zero-order chi connectivity index (χ0) is 16.2. The van der Waals surface area contributed by atoms with Crippen LogP contribution in [0.15, 0.2) is 12.1 Å². The maximum atomic E-state index is 14.1. The second-order valence-corrected chi connectivity index (χ2v) is 7.59. The molecule has 1 aromatic carbocycles. The lowest BCUT2D eigenvalue weighted by Crippen LogP contribution is -2.27. The van der Waals surface area contributed by atoms with Crippen molar-refractivity contribution in [1.29, 1.82) is 0 Å². The van der Waals surface area contributed by atoms with E-state index >= 15 is 0 Å². The molecule has 4 nitrogen and oxygen atoms in total. The van der Waals surface area contributed by atoms with E-state index in [0.29, 0.717) is 12.0 Å². The van der Waals surface area contributed by atoms with Crippen LogP contribution < -0.4 is 10.6 Å². The molecular formula is C14H22F2N2O2S. The van der Waals surface area contributed by atoms with Gasteiger partial charge in [0.15, 0.2) is 0 Å². The Morgan fingerprint density at radius 2 is 1.81 bits per heavy atom. The molecule has 0 bridgehead atoms. The molecular weight excluding hydrogens is 298 g/mol. The molecule has 1 atom stereocenters. The van der Waals surface area contributed by atoms with Crippen LogP contribution in [0.1, 0.15) is 18.9 Å². The summed E-state index contributed by atoms with van der Waals surface area (Å²) in [7, 11) is -1.72. The first-order valence-corrected chi connectivity index (χ1v) is 8.82. The van der Waals surface area contributed by atoms with Crippen LogP contribution in [0.25, 0.3) is 0 Å². The highest BCUT2D eigenvalue weighted by Gasteiger charge is 2.17. The first-order valence-electron chi connectivity index (χ1n) is 6.76. The maximum absolute atomic E-state index is 14.1. The Hall–Kier alpha value is -1.21. The molecule has 7 heteroatoms. The van der Waals surface area contributed by atoms with Crippen LogP contribution >= 0.6 is 0 Å². The van der Waals surface area contributed by atoms with Gasteiger partial charge in [-0.2, -0.15) is 0 Å². The second kappa shape index (κ2) is 7.17. The lowest BCUT2D eigenvalue weighted by Gasteiger charge is -2.21. The van der Waals surface area contributed by atoms with Crippen molar-refractivity contribution in [2.75, 3.05) is 30.5 Å². The predicted molar refractivity (Wildman–Crippen MR) is 81.3 cm³/mol. The van der Waals surface area contributed by atoms with E-state index in [4.69, 9.17) is 5.73 Å². The first kappa shape index (κ1) is 17.8. The Morgan fingerprint density at radius 3 is 2.24 bits per heavy atom. The molecule has 0 aliphatic carbocycles. The molecule has 0 amide bonds. The third-order valence-corrected chi connectivity index (χ3v) is 4.20. The molecule has 0 fully saturated rings. The number of sulfone groups is 1. The standard InChI is InChI=1S/C14H22F2N2O2S/c1-4-11(17)7-10-8-12(15)14(13(16)9-10)18(2)5-6-21(3,19)20/h8-9,11H,4-7,17H2,1-3H3. The Kier molecular flexibility index (Phi) is 6.10. The highest BCUT2D eigenvalue weighted by Crippen LogP contribution is 2.24. The number of nitrogens with zero attached hydrogens (tertiary/aromatic N) is 1. The molecule has 1 rings (SSSR count). The summed E-state index contributed by atoms with van der Waals surface area (Å²) >= 11 is 0. The van der Waals surface area contributed by atoms with Crippen molar-refractivity contribution >= 4 is 15.5 Å². The molecule has 0 saturated carbocycles. The largest absolute Gasteiger partial charge is 0.369 e. The summed E-state index contributed by atoms with van der Waals surface area (Å²) in [6, 6.07) is 2.37. The smallest absolute Gasteiger partial charge is 0.149 e. The number of halogens is 2. The van der Waals surface area contributed by atoms with Crippen molar-refractivity contribution in [1.82, 2.24) is 0 Å². The molecule has 0 saturated heterocycles. The summed E-state index contributed by atoms with van der Waals surface area (Å²) in [6.07, 6.45) is 2.21. The fourth-order valence-corrected chi connectivity index (χ4v) is 2.57. The molecule has 0 aliphatic heterocycles. The minimum absolute atomic E-state index is 0.0283. The normalized spacial score (nSPS) is 13.2. The average Bonchev–Trinajstić information content (AvgIpc) is 2.34. The first-order chi connectivity index (χ1) is 9.64. The zero-order valence-corrected chi connectivity index (χ0v) is 13.4. The molecule has 0 spiro atoms. The molecule has 0 aliphatic rings.